The van der Waals surface area contributed by atoms with Gasteiger partial charge in [-0.05, 0) is 117 Å². The summed E-state index contributed by atoms with van der Waals surface area (Å²) in [7, 11) is 0. The van der Waals surface area contributed by atoms with Crippen LogP contribution in [0, 0.1) is 68.5 Å². The van der Waals surface area contributed by atoms with Crippen LogP contribution in [0.2, 0.25) is 0 Å². The van der Waals surface area contributed by atoms with E-state index >= 15 is 0 Å². The van der Waals surface area contributed by atoms with E-state index in [1.807, 2.05) is 11.8 Å². The Hall–Kier alpha value is -0.670. The van der Waals surface area contributed by atoms with E-state index in [9.17, 15) is 9.90 Å². The summed E-state index contributed by atoms with van der Waals surface area (Å²) in [5, 5.41) is 12.0. The molecule has 5 saturated carbocycles. The fraction of sp³-hybridized carbons (Fsp3) is 0.872. The Morgan fingerprint density at radius 2 is 1.64 bits per heavy atom. The van der Waals surface area contributed by atoms with Crippen molar-refractivity contribution in [2.24, 2.45) is 56.7 Å². The molecule has 0 amide bonds. The van der Waals surface area contributed by atoms with Crippen LogP contribution in [-0.2, 0) is 9.53 Å². The number of thioether (sulfide) groups is 1. The summed E-state index contributed by atoms with van der Waals surface area (Å²) >= 11 is 2.04. The number of hydrogen-bond donors (Lipinski definition) is 1. The minimum Gasteiger partial charge on any atom is -0.462 e. The normalized spacial score (nSPS) is 46.0. The van der Waals surface area contributed by atoms with Crippen LogP contribution < -0.4 is 0 Å². The first kappa shape index (κ1) is 35.6. The van der Waals surface area contributed by atoms with Gasteiger partial charge in [0.15, 0.2) is 0 Å². The molecule has 11 atom stereocenters. The van der Waals surface area contributed by atoms with Crippen LogP contribution in [0.1, 0.15) is 113 Å². The monoisotopic (exact) mass is 659 g/mol. The molecular weight excluding hydrogens is 598 g/mol. The number of carbonyl (C=O) groups is 1. The van der Waals surface area contributed by atoms with Crippen molar-refractivity contribution in [2.75, 3.05) is 31.1 Å². The molecule has 0 unspecified atom stereocenters. The van der Waals surface area contributed by atoms with Gasteiger partial charge >= 0.3 is 5.97 Å². The standard InChI is InChI=1S/C39H61NO3S.ClH/c1-26(2)28-13-18-39(32(42)10-9-21-40-22-24-44-25-23-40)20-19-37(7)29(34(28)39)11-12-31-36(6)16-15-33(43-27(3)41)35(4,5)30(36)14-17-38(31,37)8;/h28-34,42H,1,11-25H2,2-8H3;1H/t28-,29+,30-,31+,32+,33-,34+,36-,37+,38+,39+;/m0./s1. The average Bonchev–Trinajstić information content (AvgIpc) is 3.37. The highest BCUT2D eigenvalue weighted by Gasteiger charge is 2.71. The van der Waals surface area contributed by atoms with Gasteiger partial charge in [-0.3, -0.25) is 9.69 Å². The third-order valence-corrected chi connectivity index (χ3v) is 16.5. The minimum atomic E-state index is -0.545. The fourth-order valence-electron chi connectivity index (χ4n) is 13.2. The first-order chi connectivity index (χ1) is 20.7. The number of nitrogens with zero attached hydrogens (tertiary/aromatic N) is 1. The van der Waals surface area contributed by atoms with E-state index in [-0.39, 0.29) is 51.6 Å². The van der Waals surface area contributed by atoms with Gasteiger partial charge in [0.25, 0.3) is 0 Å². The molecule has 254 valence electrons. The highest BCUT2D eigenvalue weighted by atomic mass is 35.5. The van der Waals surface area contributed by atoms with E-state index in [0.717, 1.165) is 51.7 Å². The molecule has 0 spiro atoms. The van der Waals surface area contributed by atoms with Crippen molar-refractivity contribution in [3.63, 3.8) is 0 Å². The molecule has 6 aliphatic rings. The van der Waals surface area contributed by atoms with Crippen LogP contribution in [0.4, 0.5) is 0 Å². The lowest BCUT2D eigenvalue weighted by Crippen LogP contribution is -2.67. The maximum atomic E-state index is 12.0. The predicted octanol–water partition coefficient (Wildman–Crippen LogP) is 8.41. The Balaban J connectivity index is 0.00000400. The van der Waals surface area contributed by atoms with Gasteiger partial charge in [0, 0.05) is 42.3 Å². The molecule has 0 aromatic carbocycles. The number of aliphatic hydroxyl groups is 1. The SMILES string of the molecule is C=C(C)[C@@H]1CC[C@]2([C@H](O)C#CCN3CCSCC3)CC[C@]3(C)[C@H](CC[C@@H]4[C@@]5(C)CC[C@H](OC(C)=O)C(C)(C)[C@@H]5CC[C@]43C)[C@@H]12.Cl. The molecule has 4 nitrogen and oxygen atoms in total. The van der Waals surface area contributed by atoms with Crippen LogP contribution >= 0.6 is 24.2 Å². The number of allylic oxidation sites excluding steroid dienone is 1. The Morgan fingerprint density at radius 3 is 2.31 bits per heavy atom. The Labute approximate surface area is 285 Å². The number of halogens is 1. The van der Waals surface area contributed by atoms with E-state index < -0.39 is 6.10 Å². The number of fused-ring (bicyclic) bond motifs is 7. The van der Waals surface area contributed by atoms with Gasteiger partial charge in [-0.25, -0.2) is 0 Å². The van der Waals surface area contributed by atoms with Crippen LogP contribution in [-0.4, -0.2) is 59.3 Å². The summed E-state index contributed by atoms with van der Waals surface area (Å²) < 4.78 is 5.96. The Morgan fingerprint density at radius 1 is 0.933 bits per heavy atom. The maximum Gasteiger partial charge on any atom is 0.302 e. The molecule has 1 N–H and O–H groups in total. The number of rotatable bonds is 4. The van der Waals surface area contributed by atoms with Gasteiger partial charge in [-0.15, -0.1) is 12.4 Å². The molecule has 1 aliphatic heterocycles. The van der Waals surface area contributed by atoms with Gasteiger partial charge in [0.05, 0.1) is 6.54 Å². The van der Waals surface area contributed by atoms with Gasteiger partial charge in [0.2, 0.25) is 0 Å². The Bertz CT molecular complexity index is 1200. The minimum absolute atomic E-state index is 0. The molecule has 0 aromatic heterocycles. The van der Waals surface area contributed by atoms with E-state index in [1.165, 1.54) is 49.2 Å². The average molecular weight is 660 g/mol. The molecule has 0 aromatic rings. The van der Waals surface area contributed by atoms with Crippen molar-refractivity contribution in [3.05, 3.63) is 12.2 Å². The van der Waals surface area contributed by atoms with Crippen LogP contribution in [0.5, 0.6) is 0 Å². The molecule has 1 heterocycles. The first-order valence-corrected chi connectivity index (χ1v) is 19.2. The summed E-state index contributed by atoms with van der Waals surface area (Å²) in [5.41, 5.74) is 1.98. The second kappa shape index (κ2) is 12.7. The van der Waals surface area contributed by atoms with E-state index in [4.69, 9.17) is 4.74 Å². The molecule has 6 fully saturated rings. The topological polar surface area (TPSA) is 49.8 Å². The van der Waals surface area contributed by atoms with Gasteiger partial charge < -0.3 is 9.84 Å². The van der Waals surface area contributed by atoms with E-state index in [0.29, 0.717) is 29.6 Å². The van der Waals surface area contributed by atoms with Crippen molar-refractivity contribution >= 4 is 30.1 Å². The van der Waals surface area contributed by atoms with Crippen molar-refractivity contribution in [3.8, 4) is 11.8 Å². The zero-order valence-electron chi connectivity index (χ0n) is 29.4. The summed E-state index contributed by atoms with van der Waals surface area (Å²) in [4.78, 5) is 14.5. The van der Waals surface area contributed by atoms with Crippen LogP contribution in [0.3, 0.4) is 0 Å². The van der Waals surface area contributed by atoms with Crippen molar-refractivity contribution in [1.29, 1.82) is 0 Å². The van der Waals surface area contributed by atoms with Crippen LogP contribution in [0.15, 0.2) is 12.2 Å². The molecule has 1 saturated heterocycles. The number of carbonyl (C=O) groups excluding carboxylic acids is 1. The number of hydrogen-bond acceptors (Lipinski definition) is 5. The third kappa shape index (κ3) is 5.47. The summed E-state index contributed by atoms with van der Waals surface area (Å²) in [5.74, 6) is 12.0. The predicted molar refractivity (Wildman–Crippen MR) is 189 cm³/mol. The van der Waals surface area contributed by atoms with Gasteiger partial charge in [0.1, 0.15) is 12.2 Å². The summed E-state index contributed by atoms with van der Waals surface area (Å²) in [6.07, 6.45) is 11.2. The quantitative estimate of drug-likeness (QED) is 0.187. The molecule has 45 heavy (non-hydrogen) atoms. The second-order valence-corrected chi connectivity index (χ2v) is 18.7. The second-order valence-electron chi connectivity index (χ2n) is 17.5. The van der Waals surface area contributed by atoms with Crippen molar-refractivity contribution in [1.82, 2.24) is 4.90 Å². The lowest BCUT2D eigenvalue weighted by molar-refractivity contribution is -0.253. The number of aliphatic hydroxyl groups excluding tert-OH is 1. The molecular formula is C39H62ClNO3S. The highest BCUT2D eigenvalue weighted by Crippen LogP contribution is 2.78. The molecule has 6 heteroatoms. The van der Waals surface area contributed by atoms with Crippen molar-refractivity contribution < 1.29 is 14.6 Å². The first-order valence-electron chi connectivity index (χ1n) is 18.0. The smallest absolute Gasteiger partial charge is 0.302 e. The number of ether oxygens (including phenoxy) is 1. The number of esters is 1. The Kier molecular flexibility index (Phi) is 10.0. The molecule has 6 rings (SSSR count). The lowest BCUT2D eigenvalue weighted by Gasteiger charge is -2.73. The van der Waals surface area contributed by atoms with E-state index in [2.05, 4.69) is 64.9 Å². The maximum absolute atomic E-state index is 12.0. The fourth-order valence-corrected chi connectivity index (χ4v) is 14.2. The highest BCUT2D eigenvalue weighted by molar-refractivity contribution is 7.99. The van der Waals surface area contributed by atoms with Crippen LogP contribution in [0.25, 0.3) is 0 Å². The zero-order valence-corrected chi connectivity index (χ0v) is 31.0. The molecule has 5 aliphatic carbocycles. The largest absolute Gasteiger partial charge is 0.462 e. The van der Waals surface area contributed by atoms with E-state index in [1.54, 1.807) is 6.92 Å². The third-order valence-electron chi connectivity index (χ3n) is 15.6. The summed E-state index contributed by atoms with van der Waals surface area (Å²) in [6, 6.07) is 0. The zero-order chi connectivity index (χ0) is 31.7. The molecule has 0 bridgehead atoms. The lowest BCUT2D eigenvalue weighted by atomic mass is 9.32. The van der Waals surface area contributed by atoms with Gasteiger partial charge in [-0.2, -0.15) is 11.8 Å². The van der Waals surface area contributed by atoms with Crippen molar-refractivity contribution in [2.45, 2.75) is 125 Å². The summed E-state index contributed by atoms with van der Waals surface area (Å²) in [6.45, 7) is 24.1. The molecule has 0 radical (unpaired) electrons. The van der Waals surface area contributed by atoms with Gasteiger partial charge in [-0.1, -0.05) is 58.6 Å².